The van der Waals surface area contributed by atoms with Gasteiger partial charge in [-0.1, -0.05) is 6.07 Å². The number of nitrogen functional groups attached to an aromatic ring is 1. The van der Waals surface area contributed by atoms with Crippen LogP contribution < -0.4 is 11.5 Å². The van der Waals surface area contributed by atoms with Gasteiger partial charge in [0.25, 0.3) is 0 Å². The Hall–Kier alpha value is -1.76. The summed E-state index contributed by atoms with van der Waals surface area (Å²) in [6, 6.07) is 2.22. The molecule has 0 bridgehead atoms. The van der Waals surface area contributed by atoms with Crippen molar-refractivity contribution in [1.82, 2.24) is 0 Å². The predicted octanol–water partition coefficient (Wildman–Crippen LogP) is 1.33. The largest absolute Gasteiger partial charge is 0.468 e. The predicted molar refractivity (Wildman–Crippen MR) is 59.6 cm³/mol. The second kappa shape index (κ2) is 5.26. The Morgan fingerprint density at radius 3 is 2.56 bits per heavy atom. The minimum absolute atomic E-state index is 0.00212. The molecule has 0 fully saturated rings. The first-order chi connectivity index (χ1) is 8.25. The molecule has 0 unspecified atom stereocenters. The number of benzene rings is 1. The van der Waals surface area contributed by atoms with Crippen molar-refractivity contribution in [3.8, 4) is 0 Å². The van der Waals surface area contributed by atoms with Crippen LogP contribution in [0.15, 0.2) is 18.2 Å². The van der Waals surface area contributed by atoms with Crippen LogP contribution in [-0.2, 0) is 22.1 Å². The molecule has 0 saturated heterocycles. The maximum absolute atomic E-state index is 12.7. The molecule has 1 aromatic rings. The van der Waals surface area contributed by atoms with E-state index in [1.165, 1.54) is 12.1 Å². The van der Waals surface area contributed by atoms with Crippen LogP contribution in [0, 0.1) is 0 Å². The molecule has 1 atom stereocenters. The molecule has 1 rings (SSSR count). The first-order valence-corrected chi connectivity index (χ1v) is 5.04. The molecule has 0 amide bonds. The highest BCUT2D eigenvalue weighted by molar-refractivity contribution is 5.75. The Kier molecular flexibility index (Phi) is 4.18. The SMILES string of the molecule is COC(=O)[C@H](N)Cc1ccc(N)cc1C(F)(F)F. The average molecular weight is 262 g/mol. The van der Waals surface area contributed by atoms with Gasteiger partial charge in [0.2, 0.25) is 0 Å². The minimum atomic E-state index is -4.54. The molecule has 0 aliphatic heterocycles. The van der Waals surface area contributed by atoms with Crippen LogP contribution in [0.5, 0.6) is 0 Å². The van der Waals surface area contributed by atoms with Crippen molar-refractivity contribution in [2.24, 2.45) is 5.73 Å². The zero-order chi connectivity index (χ0) is 13.9. The number of nitrogens with two attached hydrogens (primary N) is 2. The van der Waals surface area contributed by atoms with Crippen LogP contribution in [0.2, 0.25) is 0 Å². The highest BCUT2D eigenvalue weighted by Crippen LogP contribution is 2.33. The lowest BCUT2D eigenvalue weighted by atomic mass is 9.99. The van der Waals surface area contributed by atoms with E-state index in [0.717, 1.165) is 13.2 Å². The fourth-order valence-corrected chi connectivity index (χ4v) is 1.51. The van der Waals surface area contributed by atoms with Gasteiger partial charge in [-0.3, -0.25) is 4.79 Å². The molecular formula is C11H13F3N2O2. The van der Waals surface area contributed by atoms with E-state index in [4.69, 9.17) is 11.5 Å². The van der Waals surface area contributed by atoms with Crippen molar-refractivity contribution < 1.29 is 22.7 Å². The van der Waals surface area contributed by atoms with E-state index in [1.54, 1.807) is 0 Å². The Balaban J connectivity index is 3.06. The summed E-state index contributed by atoms with van der Waals surface area (Å²) in [5.74, 6) is -0.764. The van der Waals surface area contributed by atoms with Gasteiger partial charge >= 0.3 is 12.1 Å². The van der Waals surface area contributed by atoms with Gasteiger partial charge in [-0.2, -0.15) is 13.2 Å². The summed E-state index contributed by atoms with van der Waals surface area (Å²) in [6.45, 7) is 0. The second-order valence-corrected chi connectivity index (χ2v) is 3.75. The molecule has 4 N–H and O–H groups in total. The number of ether oxygens (including phenoxy) is 1. The van der Waals surface area contributed by atoms with E-state index in [1.807, 2.05) is 0 Å². The lowest BCUT2D eigenvalue weighted by Gasteiger charge is -2.15. The molecule has 0 aromatic heterocycles. The summed E-state index contributed by atoms with van der Waals surface area (Å²) in [6.07, 6.45) is -4.80. The Morgan fingerprint density at radius 2 is 2.06 bits per heavy atom. The topological polar surface area (TPSA) is 78.3 Å². The fourth-order valence-electron chi connectivity index (χ4n) is 1.51. The van der Waals surface area contributed by atoms with E-state index < -0.39 is 23.8 Å². The third-order valence-corrected chi connectivity index (χ3v) is 2.38. The summed E-state index contributed by atoms with van der Waals surface area (Å²) in [5.41, 5.74) is 9.78. The third kappa shape index (κ3) is 3.36. The molecule has 0 heterocycles. The molecule has 1 aromatic carbocycles. The zero-order valence-electron chi connectivity index (χ0n) is 9.62. The van der Waals surface area contributed by atoms with Crippen molar-refractivity contribution in [2.75, 3.05) is 12.8 Å². The Labute approximate surface area is 102 Å². The van der Waals surface area contributed by atoms with Gasteiger partial charge in [0.15, 0.2) is 0 Å². The molecule has 7 heteroatoms. The standard InChI is InChI=1S/C11H13F3N2O2/c1-18-10(17)9(16)4-6-2-3-7(15)5-8(6)11(12,13)14/h2-3,5,9H,4,15-16H2,1H3/t9-/m1/s1. The molecule has 4 nitrogen and oxygen atoms in total. The zero-order valence-corrected chi connectivity index (χ0v) is 9.62. The first-order valence-electron chi connectivity index (χ1n) is 5.04. The van der Waals surface area contributed by atoms with Crippen LogP contribution in [0.3, 0.4) is 0 Å². The van der Waals surface area contributed by atoms with Crippen molar-refractivity contribution in [1.29, 1.82) is 0 Å². The lowest BCUT2D eigenvalue weighted by Crippen LogP contribution is -2.34. The lowest BCUT2D eigenvalue weighted by molar-refractivity contribution is -0.143. The number of anilines is 1. The normalized spacial score (nSPS) is 13.2. The quantitative estimate of drug-likeness (QED) is 0.636. The molecular weight excluding hydrogens is 249 g/mol. The molecule has 100 valence electrons. The van der Waals surface area contributed by atoms with Gasteiger partial charge in [0, 0.05) is 5.69 Å². The van der Waals surface area contributed by atoms with Crippen molar-refractivity contribution in [3.05, 3.63) is 29.3 Å². The number of carbonyl (C=O) groups is 1. The van der Waals surface area contributed by atoms with Crippen LogP contribution in [0.4, 0.5) is 18.9 Å². The number of alkyl halides is 3. The van der Waals surface area contributed by atoms with E-state index >= 15 is 0 Å². The number of esters is 1. The minimum Gasteiger partial charge on any atom is -0.468 e. The molecule has 0 aliphatic rings. The number of halogens is 3. The summed E-state index contributed by atoms with van der Waals surface area (Å²) in [7, 11) is 1.12. The van der Waals surface area contributed by atoms with E-state index in [9.17, 15) is 18.0 Å². The van der Waals surface area contributed by atoms with Gasteiger partial charge < -0.3 is 16.2 Å². The van der Waals surface area contributed by atoms with E-state index in [0.29, 0.717) is 0 Å². The summed E-state index contributed by atoms with van der Waals surface area (Å²) < 4.78 is 42.6. The highest BCUT2D eigenvalue weighted by atomic mass is 19.4. The monoisotopic (exact) mass is 262 g/mol. The fraction of sp³-hybridized carbons (Fsp3) is 0.364. The highest BCUT2D eigenvalue weighted by Gasteiger charge is 2.34. The van der Waals surface area contributed by atoms with Crippen LogP contribution >= 0.6 is 0 Å². The molecule has 0 radical (unpaired) electrons. The van der Waals surface area contributed by atoms with Gasteiger partial charge in [0.1, 0.15) is 6.04 Å². The van der Waals surface area contributed by atoms with E-state index in [2.05, 4.69) is 4.74 Å². The summed E-state index contributed by atoms with van der Waals surface area (Å²) in [5, 5.41) is 0. The smallest absolute Gasteiger partial charge is 0.416 e. The van der Waals surface area contributed by atoms with Gasteiger partial charge in [-0.15, -0.1) is 0 Å². The van der Waals surface area contributed by atoms with Crippen molar-refractivity contribution >= 4 is 11.7 Å². The van der Waals surface area contributed by atoms with Gasteiger partial charge in [-0.25, -0.2) is 0 Å². The maximum atomic E-state index is 12.7. The first kappa shape index (κ1) is 14.3. The molecule has 0 aliphatic carbocycles. The molecule has 18 heavy (non-hydrogen) atoms. The van der Waals surface area contributed by atoms with Gasteiger partial charge in [0.05, 0.1) is 12.7 Å². The number of hydrogen-bond donors (Lipinski definition) is 2. The Bertz CT molecular complexity index is 446. The second-order valence-electron chi connectivity index (χ2n) is 3.75. The Morgan fingerprint density at radius 1 is 1.44 bits per heavy atom. The summed E-state index contributed by atoms with van der Waals surface area (Å²) in [4.78, 5) is 11.1. The maximum Gasteiger partial charge on any atom is 0.416 e. The van der Waals surface area contributed by atoms with Crippen molar-refractivity contribution in [2.45, 2.75) is 18.6 Å². The van der Waals surface area contributed by atoms with E-state index in [-0.39, 0.29) is 17.7 Å². The summed E-state index contributed by atoms with van der Waals surface area (Å²) >= 11 is 0. The van der Waals surface area contributed by atoms with Crippen LogP contribution in [0.1, 0.15) is 11.1 Å². The number of rotatable bonds is 3. The van der Waals surface area contributed by atoms with Crippen LogP contribution in [-0.4, -0.2) is 19.1 Å². The number of methoxy groups -OCH3 is 1. The number of carbonyl (C=O) groups excluding carboxylic acids is 1. The average Bonchev–Trinajstić information content (AvgIpc) is 2.28. The molecule has 0 spiro atoms. The third-order valence-electron chi connectivity index (χ3n) is 2.38. The van der Waals surface area contributed by atoms with Crippen LogP contribution in [0.25, 0.3) is 0 Å². The number of hydrogen-bond acceptors (Lipinski definition) is 4. The molecule has 0 saturated carbocycles. The van der Waals surface area contributed by atoms with Gasteiger partial charge in [-0.05, 0) is 24.1 Å². The van der Waals surface area contributed by atoms with Crippen molar-refractivity contribution in [3.63, 3.8) is 0 Å².